The van der Waals surface area contributed by atoms with Crippen molar-refractivity contribution in [2.24, 2.45) is 5.16 Å². The summed E-state index contributed by atoms with van der Waals surface area (Å²) in [5, 5.41) is 6.73. The van der Waals surface area contributed by atoms with Gasteiger partial charge < -0.3 is 10.2 Å². The van der Waals surface area contributed by atoms with Crippen molar-refractivity contribution in [2.45, 2.75) is 12.5 Å². The number of pyridine rings is 1. The molecule has 112 valence electrons. The zero-order valence-corrected chi connectivity index (χ0v) is 14.5. The fourth-order valence-corrected chi connectivity index (χ4v) is 2.65. The maximum atomic E-state index is 12.2. The van der Waals surface area contributed by atoms with Crippen LogP contribution in [0.4, 0.5) is 5.82 Å². The molecule has 0 radical (unpaired) electrons. The zero-order chi connectivity index (χ0) is 15.5. The first-order valence-corrected chi connectivity index (χ1v) is 8.11. The predicted molar refractivity (Wildman–Crippen MR) is 90.7 cm³/mol. The second-order valence-corrected chi connectivity index (χ2v) is 6.53. The largest absolute Gasteiger partial charge is 0.382 e. The Kier molecular flexibility index (Phi) is 4.54. The number of anilines is 1. The SMILES string of the molecule is O=C(Nc1ccc(Br)cn1)[C@@H]1CC(c2cccc(Br)c2)=NO1. The Labute approximate surface area is 144 Å². The van der Waals surface area contributed by atoms with E-state index in [0.717, 1.165) is 20.2 Å². The van der Waals surface area contributed by atoms with E-state index in [2.05, 4.69) is 47.3 Å². The molecule has 0 fully saturated rings. The molecular formula is C15H11Br2N3O2. The Morgan fingerprint density at radius 2 is 2.09 bits per heavy atom. The molecule has 22 heavy (non-hydrogen) atoms. The molecular weight excluding hydrogens is 414 g/mol. The Hall–Kier alpha value is -1.73. The number of halogens is 2. The fourth-order valence-electron chi connectivity index (χ4n) is 2.01. The van der Waals surface area contributed by atoms with Gasteiger partial charge in [-0.25, -0.2) is 4.98 Å². The third-order valence-electron chi connectivity index (χ3n) is 3.10. The van der Waals surface area contributed by atoms with Gasteiger partial charge in [0, 0.05) is 27.1 Å². The summed E-state index contributed by atoms with van der Waals surface area (Å²) >= 11 is 6.71. The summed E-state index contributed by atoms with van der Waals surface area (Å²) in [5.41, 5.74) is 1.69. The lowest BCUT2D eigenvalue weighted by atomic mass is 10.0. The number of hydrogen-bond acceptors (Lipinski definition) is 4. The molecule has 1 atom stereocenters. The van der Waals surface area contributed by atoms with Crippen molar-refractivity contribution in [1.29, 1.82) is 0 Å². The topological polar surface area (TPSA) is 63.6 Å². The van der Waals surface area contributed by atoms with Gasteiger partial charge in [-0.15, -0.1) is 0 Å². The van der Waals surface area contributed by atoms with E-state index in [9.17, 15) is 4.79 Å². The van der Waals surface area contributed by atoms with Crippen LogP contribution in [0, 0.1) is 0 Å². The first kappa shape index (κ1) is 15.2. The van der Waals surface area contributed by atoms with Crippen molar-refractivity contribution in [3.05, 3.63) is 57.1 Å². The van der Waals surface area contributed by atoms with Crippen LogP contribution in [0.15, 0.2) is 56.7 Å². The number of rotatable bonds is 3. The van der Waals surface area contributed by atoms with E-state index in [1.165, 1.54) is 0 Å². The molecule has 1 N–H and O–H groups in total. The van der Waals surface area contributed by atoms with Gasteiger partial charge in [0.05, 0.1) is 5.71 Å². The van der Waals surface area contributed by atoms with Gasteiger partial charge in [0.2, 0.25) is 6.10 Å². The zero-order valence-electron chi connectivity index (χ0n) is 11.3. The normalized spacial score (nSPS) is 16.8. The molecule has 1 aromatic carbocycles. The summed E-state index contributed by atoms with van der Waals surface area (Å²) < 4.78 is 1.81. The van der Waals surface area contributed by atoms with Gasteiger partial charge in [-0.1, -0.05) is 33.2 Å². The van der Waals surface area contributed by atoms with Crippen LogP contribution in [0.5, 0.6) is 0 Å². The van der Waals surface area contributed by atoms with E-state index < -0.39 is 6.10 Å². The van der Waals surface area contributed by atoms with Gasteiger partial charge in [-0.3, -0.25) is 4.79 Å². The number of aromatic nitrogens is 1. The highest BCUT2D eigenvalue weighted by molar-refractivity contribution is 9.10. The minimum absolute atomic E-state index is 0.261. The van der Waals surface area contributed by atoms with Crippen LogP contribution in [0.2, 0.25) is 0 Å². The molecule has 2 aromatic rings. The monoisotopic (exact) mass is 423 g/mol. The quantitative estimate of drug-likeness (QED) is 0.816. The molecule has 0 aliphatic carbocycles. The standard InChI is InChI=1S/C15H11Br2N3O2/c16-10-3-1-2-9(6-10)12-7-13(22-20-12)15(21)19-14-5-4-11(17)8-18-14/h1-6,8,13H,7H2,(H,18,19,21)/t13-/m0/s1. The smallest absolute Gasteiger partial charge is 0.269 e. The molecule has 7 heteroatoms. The van der Waals surface area contributed by atoms with Crippen LogP contribution in [-0.2, 0) is 9.63 Å². The minimum Gasteiger partial charge on any atom is -0.382 e. The van der Waals surface area contributed by atoms with Gasteiger partial charge in [0.15, 0.2) is 0 Å². The maximum Gasteiger partial charge on any atom is 0.269 e. The van der Waals surface area contributed by atoms with E-state index in [0.29, 0.717) is 12.2 Å². The van der Waals surface area contributed by atoms with Crippen molar-refractivity contribution >= 4 is 49.3 Å². The Bertz CT molecular complexity index is 732. The second kappa shape index (κ2) is 6.58. The Morgan fingerprint density at radius 3 is 2.82 bits per heavy atom. The summed E-state index contributed by atoms with van der Waals surface area (Å²) in [7, 11) is 0. The summed E-state index contributed by atoms with van der Waals surface area (Å²) in [5.74, 6) is 0.219. The van der Waals surface area contributed by atoms with Gasteiger partial charge >= 0.3 is 0 Å². The van der Waals surface area contributed by atoms with Crippen molar-refractivity contribution in [3.63, 3.8) is 0 Å². The number of hydrogen-bond donors (Lipinski definition) is 1. The predicted octanol–water partition coefficient (Wildman–Crippen LogP) is 3.74. The highest BCUT2D eigenvalue weighted by Gasteiger charge is 2.29. The van der Waals surface area contributed by atoms with Crippen LogP contribution in [0.25, 0.3) is 0 Å². The summed E-state index contributed by atoms with van der Waals surface area (Å²) in [4.78, 5) is 21.5. The molecule has 0 spiro atoms. The minimum atomic E-state index is -0.639. The van der Waals surface area contributed by atoms with E-state index in [-0.39, 0.29) is 5.91 Å². The third-order valence-corrected chi connectivity index (χ3v) is 4.06. The number of nitrogens with zero attached hydrogens (tertiary/aromatic N) is 2. The third kappa shape index (κ3) is 3.53. The van der Waals surface area contributed by atoms with Crippen LogP contribution in [0.3, 0.4) is 0 Å². The molecule has 0 saturated carbocycles. The molecule has 0 saturated heterocycles. The van der Waals surface area contributed by atoms with Crippen molar-refractivity contribution in [3.8, 4) is 0 Å². The average molecular weight is 425 g/mol. The molecule has 1 amide bonds. The van der Waals surface area contributed by atoms with Gasteiger partial charge in [0.1, 0.15) is 5.82 Å². The van der Waals surface area contributed by atoms with Crippen molar-refractivity contribution in [2.75, 3.05) is 5.32 Å². The van der Waals surface area contributed by atoms with Crippen LogP contribution >= 0.6 is 31.9 Å². The van der Waals surface area contributed by atoms with Gasteiger partial charge in [-0.05, 0) is 40.2 Å². The fraction of sp³-hybridized carbons (Fsp3) is 0.133. The van der Waals surface area contributed by atoms with Crippen molar-refractivity contribution in [1.82, 2.24) is 4.98 Å². The lowest BCUT2D eigenvalue weighted by molar-refractivity contribution is -0.125. The average Bonchev–Trinajstić information content (AvgIpc) is 3.00. The highest BCUT2D eigenvalue weighted by Crippen LogP contribution is 2.20. The molecule has 5 nitrogen and oxygen atoms in total. The molecule has 1 aliphatic rings. The number of oxime groups is 1. The maximum absolute atomic E-state index is 12.2. The number of carbonyl (C=O) groups excluding carboxylic acids is 1. The molecule has 3 rings (SSSR count). The number of amides is 1. The van der Waals surface area contributed by atoms with Gasteiger partial charge in [-0.2, -0.15) is 0 Å². The summed E-state index contributed by atoms with van der Waals surface area (Å²) in [6.45, 7) is 0. The Balaban J connectivity index is 1.64. The first-order valence-electron chi connectivity index (χ1n) is 6.53. The number of nitrogens with one attached hydrogen (secondary N) is 1. The highest BCUT2D eigenvalue weighted by atomic mass is 79.9. The summed E-state index contributed by atoms with van der Waals surface area (Å²) in [6.07, 6.45) is 1.41. The van der Waals surface area contributed by atoms with E-state index in [1.54, 1.807) is 12.3 Å². The van der Waals surface area contributed by atoms with Gasteiger partial charge in [0.25, 0.3) is 5.91 Å². The number of benzene rings is 1. The van der Waals surface area contributed by atoms with Crippen molar-refractivity contribution < 1.29 is 9.63 Å². The number of carbonyl (C=O) groups is 1. The van der Waals surface area contributed by atoms with E-state index >= 15 is 0 Å². The molecule has 1 aliphatic heterocycles. The molecule has 1 aromatic heterocycles. The molecule has 0 unspecified atom stereocenters. The first-order chi connectivity index (χ1) is 10.6. The van der Waals surface area contributed by atoms with Crippen LogP contribution < -0.4 is 5.32 Å². The van der Waals surface area contributed by atoms with Crippen LogP contribution in [0.1, 0.15) is 12.0 Å². The second-order valence-electron chi connectivity index (χ2n) is 4.70. The lowest BCUT2D eigenvalue weighted by Gasteiger charge is -2.08. The van der Waals surface area contributed by atoms with E-state index in [1.807, 2.05) is 30.3 Å². The van der Waals surface area contributed by atoms with Crippen LogP contribution in [-0.4, -0.2) is 22.7 Å². The summed E-state index contributed by atoms with van der Waals surface area (Å²) in [6, 6.07) is 11.3. The molecule has 2 heterocycles. The lowest BCUT2D eigenvalue weighted by Crippen LogP contribution is -2.28. The van der Waals surface area contributed by atoms with E-state index in [4.69, 9.17) is 4.84 Å². The molecule has 0 bridgehead atoms. The Morgan fingerprint density at radius 1 is 1.23 bits per heavy atom.